The van der Waals surface area contributed by atoms with Gasteiger partial charge in [-0.3, -0.25) is 14.4 Å². The van der Waals surface area contributed by atoms with Crippen LogP contribution in [0.2, 0.25) is 0 Å². The number of rotatable bonds is 3. The molecule has 1 aromatic heterocycles. The first-order valence-electron chi connectivity index (χ1n) is 4.33. The average Bonchev–Trinajstić information content (AvgIpc) is 2.16. The van der Waals surface area contributed by atoms with Crippen molar-refractivity contribution in [1.82, 2.24) is 9.97 Å². The Morgan fingerprint density at radius 2 is 1.47 bits per heavy atom. The van der Waals surface area contributed by atoms with E-state index in [0.717, 1.165) is 0 Å². The van der Waals surface area contributed by atoms with Crippen LogP contribution < -0.4 is 0 Å². The molecule has 0 saturated carbocycles. The Balaban J connectivity index is 3.40. The molecular formula is C10H10N2O3. The summed E-state index contributed by atoms with van der Waals surface area (Å²) in [6.45, 7) is 3.89. The highest BCUT2D eigenvalue weighted by Crippen LogP contribution is 2.06. The molecule has 0 amide bonds. The molecule has 0 aromatic carbocycles. The molecule has 0 radical (unpaired) electrons. The van der Waals surface area contributed by atoms with Crippen LogP contribution in [0.15, 0.2) is 6.20 Å². The van der Waals surface area contributed by atoms with Gasteiger partial charge in [0.05, 0.1) is 6.20 Å². The first-order valence-corrected chi connectivity index (χ1v) is 4.33. The molecule has 5 nitrogen and oxygen atoms in total. The van der Waals surface area contributed by atoms with Gasteiger partial charge in [-0.2, -0.15) is 0 Å². The van der Waals surface area contributed by atoms with E-state index in [1.54, 1.807) is 0 Å². The second-order valence-corrected chi connectivity index (χ2v) is 3.12. The molecule has 5 heteroatoms. The number of hydrogen-bond donors (Lipinski definition) is 0. The van der Waals surface area contributed by atoms with Crippen molar-refractivity contribution in [2.45, 2.75) is 20.8 Å². The Hall–Kier alpha value is -1.91. The van der Waals surface area contributed by atoms with Gasteiger partial charge in [0.2, 0.25) is 0 Å². The van der Waals surface area contributed by atoms with E-state index >= 15 is 0 Å². The summed E-state index contributed by atoms with van der Waals surface area (Å²) in [7, 11) is 0. The average molecular weight is 206 g/mol. The Kier molecular flexibility index (Phi) is 3.04. The molecule has 0 atom stereocenters. The van der Waals surface area contributed by atoms with Crippen molar-refractivity contribution in [3.63, 3.8) is 0 Å². The van der Waals surface area contributed by atoms with Crippen LogP contribution in [-0.4, -0.2) is 27.3 Å². The number of Topliss-reactive ketones (excluding diaryl/α,β-unsaturated/α-hetero) is 3. The summed E-state index contributed by atoms with van der Waals surface area (Å²) < 4.78 is 0. The van der Waals surface area contributed by atoms with Crippen LogP contribution in [-0.2, 0) is 0 Å². The van der Waals surface area contributed by atoms with E-state index in [1.807, 2.05) is 0 Å². The maximum absolute atomic E-state index is 11.2. The van der Waals surface area contributed by atoms with Crippen LogP contribution in [0.25, 0.3) is 0 Å². The summed E-state index contributed by atoms with van der Waals surface area (Å²) in [6, 6.07) is 0. The molecule has 0 aliphatic carbocycles. The zero-order chi connectivity index (χ0) is 11.6. The molecule has 0 saturated heterocycles. The standard InChI is InChI=1S/C10H10N2O3/c1-5(13)8-4-11-9(6(2)14)10(12-8)7(3)15/h4H,1-3H3. The quantitative estimate of drug-likeness (QED) is 0.691. The summed E-state index contributed by atoms with van der Waals surface area (Å²) in [5.74, 6) is -1.02. The van der Waals surface area contributed by atoms with Crippen molar-refractivity contribution >= 4 is 17.3 Å². The third-order valence-corrected chi connectivity index (χ3v) is 1.80. The lowest BCUT2D eigenvalue weighted by atomic mass is 10.1. The minimum atomic E-state index is -0.379. The Morgan fingerprint density at radius 1 is 0.933 bits per heavy atom. The summed E-state index contributed by atoms with van der Waals surface area (Å²) in [6.07, 6.45) is 1.20. The molecular weight excluding hydrogens is 196 g/mol. The number of hydrogen-bond acceptors (Lipinski definition) is 5. The molecule has 15 heavy (non-hydrogen) atoms. The molecule has 0 bridgehead atoms. The Morgan fingerprint density at radius 3 is 1.87 bits per heavy atom. The van der Waals surface area contributed by atoms with Crippen molar-refractivity contribution in [2.24, 2.45) is 0 Å². The highest BCUT2D eigenvalue weighted by molar-refractivity contribution is 6.05. The minimum absolute atomic E-state index is 0.00694. The third-order valence-electron chi connectivity index (χ3n) is 1.80. The van der Waals surface area contributed by atoms with Crippen LogP contribution in [0.3, 0.4) is 0 Å². The van der Waals surface area contributed by atoms with E-state index in [9.17, 15) is 14.4 Å². The Labute approximate surface area is 86.5 Å². The van der Waals surface area contributed by atoms with Gasteiger partial charge < -0.3 is 0 Å². The topological polar surface area (TPSA) is 77.0 Å². The molecule has 0 fully saturated rings. The van der Waals surface area contributed by atoms with E-state index < -0.39 is 0 Å². The number of nitrogens with zero attached hydrogens (tertiary/aromatic N) is 2. The van der Waals surface area contributed by atoms with Crippen molar-refractivity contribution < 1.29 is 14.4 Å². The molecule has 0 unspecified atom stereocenters. The van der Waals surface area contributed by atoms with Crippen molar-refractivity contribution in [3.8, 4) is 0 Å². The first-order chi connectivity index (χ1) is 6.93. The van der Waals surface area contributed by atoms with Crippen LogP contribution in [0.4, 0.5) is 0 Å². The van der Waals surface area contributed by atoms with Gasteiger partial charge in [0.15, 0.2) is 17.3 Å². The van der Waals surface area contributed by atoms with Gasteiger partial charge in [-0.05, 0) is 0 Å². The van der Waals surface area contributed by atoms with E-state index in [1.165, 1.54) is 27.0 Å². The van der Waals surface area contributed by atoms with Crippen LogP contribution >= 0.6 is 0 Å². The second-order valence-electron chi connectivity index (χ2n) is 3.12. The largest absolute Gasteiger partial charge is 0.293 e. The molecule has 78 valence electrons. The lowest BCUT2D eigenvalue weighted by molar-refractivity contribution is 0.0969. The molecule has 1 heterocycles. The molecule has 0 aliphatic rings. The number of ketones is 3. The van der Waals surface area contributed by atoms with Crippen LogP contribution in [0.5, 0.6) is 0 Å². The number of carbonyl (C=O) groups is 3. The second kappa shape index (κ2) is 4.08. The predicted molar refractivity (Wildman–Crippen MR) is 52.0 cm³/mol. The van der Waals surface area contributed by atoms with Crippen LogP contribution in [0.1, 0.15) is 52.2 Å². The van der Waals surface area contributed by atoms with Crippen LogP contribution in [0, 0.1) is 0 Å². The fraction of sp³-hybridized carbons (Fsp3) is 0.300. The SMILES string of the molecule is CC(=O)c1cnc(C(C)=O)c(C(C)=O)n1. The highest BCUT2D eigenvalue weighted by atomic mass is 16.1. The molecule has 0 N–H and O–H groups in total. The normalized spacial score (nSPS) is 9.80. The predicted octanol–water partition coefficient (Wildman–Crippen LogP) is 1.08. The van der Waals surface area contributed by atoms with Gasteiger partial charge in [-0.15, -0.1) is 0 Å². The zero-order valence-electron chi connectivity index (χ0n) is 8.70. The van der Waals surface area contributed by atoms with Gasteiger partial charge in [0, 0.05) is 20.8 Å². The zero-order valence-corrected chi connectivity index (χ0v) is 8.70. The summed E-state index contributed by atoms with van der Waals surface area (Å²) in [4.78, 5) is 40.9. The van der Waals surface area contributed by atoms with Crippen molar-refractivity contribution in [2.75, 3.05) is 0 Å². The minimum Gasteiger partial charge on any atom is -0.293 e. The molecule has 1 rings (SSSR count). The van der Waals surface area contributed by atoms with Crippen molar-refractivity contribution in [1.29, 1.82) is 0 Å². The molecule has 0 aliphatic heterocycles. The molecule has 1 aromatic rings. The summed E-state index contributed by atoms with van der Waals surface area (Å²) >= 11 is 0. The number of carbonyl (C=O) groups excluding carboxylic acids is 3. The van der Waals surface area contributed by atoms with Gasteiger partial charge in [0.1, 0.15) is 17.1 Å². The molecule has 0 spiro atoms. The highest BCUT2D eigenvalue weighted by Gasteiger charge is 2.16. The van der Waals surface area contributed by atoms with Gasteiger partial charge >= 0.3 is 0 Å². The maximum Gasteiger partial charge on any atom is 0.180 e. The van der Waals surface area contributed by atoms with Gasteiger partial charge in [-0.25, -0.2) is 9.97 Å². The fourth-order valence-electron chi connectivity index (χ4n) is 1.06. The lowest BCUT2D eigenvalue weighted by Gasteiger charge is -2.02. The van der Waals surface area contributed by atoms with Gasteiger partial charge in [-0.1, -0.05) is 0 Å². The number of aromatic nitrogens is 2. The smallest absolute Gasteiger partial charge is 0.180 e. The van der Waals surface area contributed by atoms with E-state index in [0.29, 0.717) is 0 Å². The van der Waals surface area contributed by atoms with E-state index in [-0.39, 0.29) is 34.4 Å². The third kappa shape index (κ3) is 2.31. The lowest BCUT2D eigenvalue weighted by Crippen LogP contribution is -2.13. The Bertz CT molecular complexity index is 452. The first kappa shape index (κ1) is 11.2. The summed E-state index contributed by atoms with van der Waals surface area (Å²) in [5, 5.41) is 0. The van der Waals surface area contributed by atoms with Crippen molar-refractivity contribution in [3.05, 3.63) is 23.3 Å². The van der Waals surface area contributed by atoms with E-state index in [4.69, 9.17) is 0 Å². The maximum atomic E-state index is 11.2. The van der Waals surface area contributed by atoms with E-state index in [2.05, 4.69) is 9.97 Å². The fourth-order valence-corrected chi connectivity index (χ4v) is 1.06. The summed E-state index contributed by atoms with van der Waals surface area (Å²) in [5.41, 5.74) is 0.0490. The van der Waals surface area contributed by atoms with Gasteiger partial charge in [0.25, 0.3) is 0 Å². The monoisotopic (exact) mass is 206 g/mol.